The fourth-order valence-electron chi connectivity index (χ4n) is 4.84. The number of nitro benzene ring substituents is 1. The maximum Gasteiger partial charge on any atom is 0.311 e. The molecule has 2 amide bonds. The van der Waals surface area contributed by atoms with Gasteiger partial charge in [-0.3, -0.25) is 29.5 Å². The number of hydrogen-bond acceptors (Lipinski definition) is 9. The van der Waals surface area contributed by atoms with Crippen molar-refractivity contribution in [2.24, 2.45) is 4.99 Å². The number of aliphatic carboxylic acids is 1. The van der Waals surface area contributed by atoms with Gasteiger partial charge in [-0.2, -0.15) is 0 Å². The molecule has 2 aliphatic rings. The minimum absolute atomic E-state index is 0.0227. The zero-order valence-corrected chi connectivity index (χ0v) is 21.9. The van der Waals surface area contributed by atoms with Gasteiger partial charge in [-0.1, -0.05) is 18.2 Å². The first kappa shape index (κ1) is 27.1. The topological polar surface area (TPSA) is 176 Å². The molecule has 0 bridgehead atoms. The number of hydrogen-bond donors (Lipinski definition) is 4. The van der Waals surface area contributed by atoms with Gasteiger partial charge in [0, 0.05) is 41.7 Å². The molecule has 3 aromatic carbocycles. The minimum atomic E-state index is -1.17. The highest BCUT2D eigenvalue weighted by atomic mass is 16.6. The second-order valence-corrected chi connectivity index (χ2v) is 9.42. The van der Waals surface area contributed by atoms with Crippen LogP contribution in [0.4, 0.5) is 17.1 Å². The number of guanidine groups is 1. The Kier molecular flexibility index (Phi) is 7.50. The highest BCUT2D eigenvalue weighted by molar-refractivity contribution is 6.07. The molecule has 1 unspecified atom stereocenters. The van der Waals surface area contributed by atoms with Crippen LogP contribution < -0.4 is 20.7 Å². The molecule has 0 saturated heterocycles. The molecule has 1 atom stereocenters. The van der Waals surface area contributed by atoms with Gasteiger partial charge in [0.25, 0.3) is 11.8 Å². The average molecular weight is 559 g/mol. The number of nitro groups is 1. The van der Waals surface area contributed by atoms with Gasteiger partial charge in [0.15, 0.2) is 11.7 Å². The van der Waals surface area contributed by atoms with Gasteiger partial charge in [0.1, 0.15) is 0 Å². The summed E-state index contributed by atoms with van der Waals surface area (Å²) in [5, 5.41) is 30.2. The Bertz CT molecular complexity index is 1590. The maximum absolute atomic E-state index is 13.5. The van der Waals surface area contributed by atoms with E-state index >= 15 is 0 Å². The summed E-state index contributed by atoms with van der Waals surface area (Å²) in [6.45, 7) is 1.52. The fraction of sp³-hybridized carbons (Fsp3) is 0.214. The largest absolute Gasteiger partial charge is 0.490 e. The van der Waals surface area contributed by atoms with Gasteiger partial charge in [0.05, 0.1) is 31.0 Å². The first-order chi connectivity index (χ1) is 19.7. The number of rotatable bonds is 9. The van der Waals surface area contributed by atoms with Crippen molar-refractivity contribution in [1.29, 1.82) is 0 Å². The number of carboxylic acids is 1. The average Bonchev–Trinajstić information content (AvgIpc) is 3.59. The van der Waals surface area contributed by atoms with E-state index in [0.29, 0.717) is 46.1 Å². The van der Waals surface area contributed by atoms with Crippen molar-refractivity contribution in [2.45, 2.75) is 19.0 Å². The van der Waals surface area contributed by atoms with Crippen molar-refractivity contribution in [3.8, 4) is 5.75 Å². The third-order valence-electron chi connectivity index (χ3n) is 6.79. The lowest BCUT2D eigenvalue weighted by atomic mass is 10.0. The van der Waals surface area contributed by atoms with Gasteiger partial charge in [-0.25, -0.2) is 0 Å². The number of nitrogens with zero attached hydrogens (tertiary/aromatic N) is 3. The van der Waals surface area contributed by atoms with Crippen molar-refractivity contribution in [1.82, 2.24) is 10.2 Å². The Morgan fingerprint density at radius 2 is 2.00 bits per heavy atom. The summed E-state index contributed by atoms with van der Waals surface area (Å²) >= 11 is 0. The number of carbonyl (C=O) groups is 3. The molecule has 2 aliphatic heterocycles. The van der Waals surface area contributed by atoms with Crippen LogP contribution in [0.15, 0.2) is 65.7 Å². The van der Waals surface area contributed by atoms with E-state index in [1.54, 1.807) is 36.4 Å². The van der Waals surface area contributed by atoms with Crippen LogP contribution in [0.25, 0.3) is 0 Å². The van der Waals surface area contributed by atoms with Gasteiger partial charge in [0.2, 0.25) is 0 Å². The van der Waals surface area contributed by atoms with Crippen LogP contribution in [0.5, 0.6) is 5.75 Å². The van der Waals surface area contributed by atoms with Crippen molar-refractivity contribution in [2.75, 3.05) is 30.8 Å². The normalized spacial score (nSPS) is 14.5. The van der Waals surface area contributed by atoms with Crippen LogP contribution in [-0.4, -0.2) is 58.9 Å². The maximum atomic E-state index is 13.5. The second-order valence-electron chi connectivity index (χ2n) is 9.42. The molecule has 0 radical (unpaired) electrons. The van der Waals surface area contributed by atoms with E-state index < -0.39 is 29.3 Å². The third kappa shape index (κ3) is 5.78. The van der Waals surface area contributed by atoms with Crippen molar-refractivity contribution in [3.63, 3.8) is 0 Å². The van der Waals surface area contributed by atoms with Gasteiger partial charge in [-0.05, 0) is 47.5 Å². The van der Waals surface area contributed by atoms with Gasteiger partial charge >= 0.3 is 11.7 Å². The molecule has 0 aromatic heterocycles. The molecule has 5 rings (SSSR count). The van der Waals surface area contributed by atoms with Crippen LogP contribution >= 0.6 is 0 Å². The first-order valence-corrected chi connectivity index (χ1v) is 12.7. The smallest absolute Gasteiger partial charge is 0.311 e. The molecule has 41 heavy (non-hydrogen) atoms. The number of anilines is 2. The lowest BCUT2D eigenvalue weighted by molar-refractivity contribution is -0.385. The van der Waals surface area contributed by atoms with Crippen molar-refractivity contribution in [3.05, 3.63) is 93.0 Å². The molecule has 13 nitrogen and oxygen atoms in total. The number of aliphatic imine (C=N–C) groups is 1. The van der Waals surface area contributed by atoms with E-state index in [1.807, 2.05) is 6.07 Å². The van der Waals surface area contributed by atoms with Crippen LogP contribution in [-0.2, 0) is 11.3 Å². The molecular formula is C28H26N6O7. The van der Waals surface area contributed by atoms with Gasteiger partial charge in [-0.15, -0.1) is 0 Å². The van der Waals surface area contributed by atoms with E-state index in [0.717, 1.165) is 6.54 Å². The number of amides is 2. The minimum Gasteiger partial charge on any atom is -0.490 e. The lowest BCUT2D eigenvalue weighted by Crippen LogP contribution is -2.31. The number of nitrogens with one attached hydrogen (secondary N) is 3. The van der Waals surface area contributed by atoms with Crippen molar-refractivity contribution >= 4 is 40.8 Å². The SMILES string of the molecule is COc1ccc(C(CC(=O)O)N2Cc3ccc(NC(=O)c4cccc(NC5=NCCN5)c4)cc3C2=O)cc1[N+](=O)[O-]. The van der Waals surface area contributed by atoms with Crippen LogP contribution in [0, 0.1) is 10.1 Å². The number of methoxy groups -OCH3 is 1. The highest BCUT2D eigenvalue weighted by Gasteiger charge is 2.36. The number of ether oxygens (including phenoxy) is 1. The molecule has 2 heterocycles. The van der Waals surface area contributed by atoms with Gasteiger partial charge < -0.3 is 30.7 Å². The highest BCUT2D eigenvalue weighted by Crippen LogP contribution is 2.38. The van der Waals surface area contributed by atoms with Crippen LogP contribution in [0.2, 0.25) is 0 Å². The Balaban J connectivity index is 1.36. The monoisotopic (exact) mass is 558 g/mol. The van der Waals surface area contributed by atoms with E-state index in [-0.39, 0.29) is 23.9 Å². The summed E-state index contributed by atoms with van der Waals surface area (Å²) in [6, 6.07) is 15.0. The Morgan fingerprint density at radius 3 is 2.71 bits per heavy atom. The number of carboxylic acid groups (broad SMARTS) is 1. The number of carbonyl (C=O) groups excluding carboxylic acids is 2. The molecule has 3 aromatic rings. The van der Waals surface area contributed by atoms with E-state index in [9.17, 15) is 29.6 Å². The van der Waals surface area contributed by atoms with Crippen molar-refractivity contribution < 1.29 is 29.2 Å². The summed E-state index contributed by atoms with van der Waals surface area (Å²) in [5.74, 6) is -1.34. The predicted octanol–water partition coefficient (Wildman–Crippen LogP) is 3.40. The summed E-state index contributed by atoms with van der Waals surface area (Å²) < 4.78 is 5.05. The fourth-order valence-corrected chi connectivity index (χ4v) is 4.84. The summed E-state index contributed by atoms with van der Waals surface area (Å²) in [4.78, 5) is 54.8. The quantitative estimate of drug-likeness (QED) is 0.226. The number of benzene rings is 3. The van der Waals surface area contributed by atoms with E-state index in [4.69, 9.17) is 4.74 Å². The molecule has 0 aliphatic carbocycles. The molecule has 0 saturated carbocycles. The third-order valence-corrected chi connectivity index (χ3v) is 6.79. The van der Waals surface area contributed by atoms with E-state index in [1.165, 1.54) is 30.2 Å². The Morgan fingerprint density at radius 1 is 1.17 bits per heavy atom. The van der Waals surface area contributed by atoms with Crippen LogP contribution in [0.3, 0.4) is 0 Å². The molecular weight excluding hydrogens is 532 g/mol. The molecule has 0 spiro atoms. The predicted molar refractivity (Wildman–Crippen MR) is 149 cm³/mol. The lowest BCUT2D eigenvalue weighted by Gasteiger charge is -2.27. The summed E-state index contributed by atoms with van der Waals surface area (Å²) in [6.07, 6.45) is -0.459. The zero-order valence-electron chi connectivity index (χ0n) is 21.9. The standard InChI is InChI=1S/C28H26N6O7/c1-41-24-8-6-16(12-23(24)34(39)40)22(14-25(35)36)33-15-18-5-7-20(13-21(18)27(33)38)31-26(37)17-3-2-4-19(11-17)32-28-29-9-10-30-28/h2-8,11-13,22H,9-10,14-15H2,1H3,(H,31,37)(H,35,36)(H2,29,30,32). The molecule has 4 N–H and O–H groups in total. The first-order valence-electron chi connectivity index (χ1n) is 12.7. The zero-order chi connectivity index (χ0) is 29.1. The summed E-state index contributed by atoms with van der Waals surface area (Å²) in [5.41, 5.74) is 2.38. The number of fused-ring (bicyclic) bond motifs is 1. The molecule has 0 fully saturated rings. The molecule has 13 heteroatoms. The second kappa shape index (κ2) is 11.3. The summed E-state index contributed by atoms with van der Waals surface area (Å²) in [7, 11) is 1.30. The Labute approximate surface area is 234 Å². The molecule has 210 valence electrons. The Hall–Kier alpha value is -5.46. The van der Waals surface area contributed by atoms with E-state index in [2.05, 4.69) is 20.9 Å². The van der Waals surface area contributed by atoms with Crippen LogP contribution in [0.1, 0.15) is 44.3 Å².